The molecule has 0 spiro atoms. The van der Waals surface area contributed by atoms with Crippen LogP contribution in [-0.2, 0) is 6.42 Å². The third kappa shape index (κ3) is 3.65. The van der Waals surface area contributed by atoms with Crippen LogP contribution in [0.15, 0.2) is 29.3 Å². The van der Waals surface area contributed by atoms with E-state index in [4.69, 9.17) is 0 Å². The molecule has 1 N–H and O–H groups in total. The van der Waals surface area contributed by atoms with Gasteiger partial charge in [0.25, 0.3) is 0 Å². The van der Waals surface area contributed by atoms with Gasteiger partial charge >= 0.3 is 0 Å². The number of fused-ring (bicyclic) bond motifs is 1. The third-order valence-corrected chi connectivity index (χ3v) is 5.28. The van der Waals surface area contributed by atoms with E-state index in [0.717, 1.165) is 37.4 Å². The van der Waals surface area contributed by atoms with E-state index in [-0.39, 0.29) is 24.0 Å². The minimum absolute atomic E-state index is 0. The van der Waals surface area contributed by atoms with Gasteiger partial charge in [-0.05, 0) is 49.8 Å². The van der Waals surface area contributed by atoms with Gasteiger partial charge in [0, 0.05) is 38.4 Å². The van der Waals surface area contributed by atoms with Crippen LogP contribution in [0.1, 0.15) is 24.8 Å². The number of guanidine groups is 1. The number of benzene rings is 1. The zero-order valence-corrected chi connectivity index (χ0v) is 16.2. The molecular formula is C18H27IN4. The summed E-state index contributed by atoms with van der Waals surface area (Å²) in [4.78, 5) is 9.53. The zero-order chi connectivity index (χ0) is 14.9. The standard InChI is InChI=1S/C18H26N4.HI/c1-19-18(22-11-9-15-4-2-3-5-17(15)22)20-12-14-8-10-21(13-14)16-6-7-16;/h2-5,14,16H,6-13H2,1H3,(H,19,20);1H. The minimum Gasteiger partial charge on any atom is -0.356 e. The van der Waals surface area contributed by atoms with Crippen molar-refractivity contribution in [3.63, 3.8) is 0 Å². The number of anilines is 1. The number of rotatable bonds is 3. The lowest BCUT2D eigenvalue weighted by Crippen LogP contribution is -2.42. The lowest BCUT2D eigenvalue weighted by Gasteiger charge is -2.24. The second-order valence-corrected chi connectivity index (χ2v) is 6.84. The first-order valence-electron chi connectivity index (χ1n) is 8.65. The number of para-hydroxylation sites is 1. The van der Waals surface area contributed by atoms with Gasteiger partial charge in [0.1, 0.15) is 0 Å². The van der Waals surface area contributed by atoms with Crippen LogP contribution in [0.25, 0.3) is 0 Å². The smallest absolute Gasteiger partial charge is 0.198 e. The van der Waals surface area contributed by atoms with E-state index in [1.807, 2.05) is 7.05 Å². The van der Waals surface area contributed by atoms with Crippen LogP contribution in [0.4, 0.5) is 5.69 Å². The quantitative estimate of drug-likeness (QED) is 0.458. The van der Waals surface area contributed by atoms with Crippen molar-refractivity contribution in [2.75, 3.05) is 38.1 Å². The van der Waals surface area contributed by atoms with Gasteiger partial charge in [-0.25, -0.2) is 0 Å². The number of hydrogen-bond acceptors (Lipinski definition) is 2. The molecule has 0 bridgehead atoms. The summed E-state index contributed by atoms with van der Waals surface area (Å²) < 4.78 is 0. The van der Waals surface area contributed by atoms with Gasteiger partial charge < -0.3 is 15.1 Å². The second-order valence-electron chi connectivity index (χ2n) is 6.84. The molecule has 23 heavy (non-hydrogen) atoms. The maximum absolute atomic E-state index is 4.51. The highest BCUT2D eigenvalue weighted by Crippen LogP contribution is 2.31. The molecule has 1 saturated heterocycles. The fraction of sp³-hybridized carbons (Fsp3) is 0.611. The topological polar surface area (TPSA) is 30.9 Å². The van der Waals surface area contributed by atoms with Gasteiger partial charge in [-0.1, -0.05) is 18.2 Å². The van der Waals surface area contributed by atoms with Gasteiger partial charge in [0.05, 0.1) is 0 Å². The molecule has 2 fully saturated rings. The van der Waals surface area contributed by atoms with E-state index in [1.54, 1.807) is 0 Å². The van der Waals surface area contributed by atoms with Gasteiger partial charge in [-0.3, -0.25) is 4.99 Å². The van der Waals surface area contributed by atoms with Crippen LogP contribution in [-0.4, -0.2) is 50.1 Å². The van der Waals surface area contributed by atoms with Crippen molar-refractivity contribution >= 4 is 35.6 Å². The highest BCUT2D eigenvalue weighted by Gasteiger charge is 2.34. The average Bonchev–Trinajstić information content (AvgIpc) is 3.15. The van der Waals surface area contributed by atoms with Crippen molar-refractivity contribution in [3.8, 4) is 0 Å². The van der Waals surface area contributed by atoms with E-state index >= 15 is 0 Å². The largest absolute Gasteiger partial charge is 0.356 e. The van der Waals surface area contributed by atoms with Crippen LogP contribution < -0.4 is 10.2 Å². The van der Waals surface area contributed by atoms with Gasteiger partial charge in [-0.2, -0.15) is 0 Å². The second kappa shape index (κ2) is 7.38. The van der Waals surface area contributed by atoms with Crippen LogP contribution in [0, 0.1) is 5.92 Å². The molecule has 4 nitrogen and oxygen atoms in total. The van der Waals surface area contributed by atoms with Crippen molar-refractivity contribution in [3.05, 3.63) is 29.8 Å². The molecule has 1 aromatic carbocycles. The highest BCUT2D eigenvalue weighted by molar-refractivity contribution is 14.0. The molecule has 1 saturated carbocycles. The molecule has 3 aliphatic rings. The molecule has 0 amide bonds. The van der Waals surface area contributed by atoms with E-state index in [2.05, 4.69) is 44.4 Å². The Morgan fingerprint density at radius 1 is 1.22 bits per heavy atom. The molecule has 2 aliphatic heterocycles. The molecule has 5 heteroatoms. The van der Waals surface area contributed by atoms with E-state index in [9.17, 15) is 0 Å². The predicted octanol–water partition coefficient (Wildman–Crippen LogP) is 2.73. The van der Waals surface area contributed by atoms with Crippen LogP contribution in [0.2, 0.25) is 0 Å². The average molecular weight is 426 g/mol. The zero-order valence-electron chi connectivity index (χ0n) is 13.9. The fourth-order valence-corrected chi connectivity index (χ4v) is 3.89. The Morgan fingerprint density at radius 2 is 2.04 bits per heavy atom. The molecule has 0 radical (unpaired) electrons. The Balaban J connectivity index is 0.00000156. The van der Waals surface area contributed by atoms with Gasteiger partial charge in [0.2, 0.25) is 0 Å². The maximum atomic E-state index is 4.51. The number of halogens is 1. The maximum Gasteiger partial charge on any atom is 0.198 e. The predicted molar refractivity (Wildman–Crippen MR) is 107 cm³/mol. The summed E-state index contributed by atoms with van der Waals surface area (Å²) in [6.45, 7) is 4.65. The van der Waals surface area contributed by atoms with Crippen LogP contribution in [0.3, 0.4) is 0 Å². The summed E-state index contributed by atoms with van der Waals surface area (Å²) in [7, 11) is 1.90. The molecular weight excluding hydrogens is 399 g/mol. The Labute approximate surface area is 156 Å². The molecule has 1 unspecified atom stereocenters. The van der Waals surface area contributed by atoms with Crippen molar-refractivity contribution in [1.29, 1.82) is 0 Å². The molecule has 1 aromatic rings. The van der Waals surface area contributed by atoms with Crippen molar-refractivity contribution in [2.45, 2.75) is 31.7 Å². The first-order chi connectivity index (χ1) is 10.8. The first-order valence-corrected chi connectivity index (χ1v) is 8.65. The van der Waals surface area contributed by atoms with Crippen molar-refractivity contribution in [1.82, 2.24) is 10.2 Å². The fourth-order valence-electron chi connectivity index (χ4n) is 3.89. The summed E-state index contributed by atoms with van der Waals surface area (Å²) in [5.41, 5.74) is 2.76. The highest BCUT2D eigenvalue weighted by atomic mass is 127. The molecule has 1 atom stereocenters. The molecule has 126 valence electrons. The van der Waals surface area contributed by atoms with E-state index < -0.39 is 0 Å². The summed E-state index contributed by atoms with van der Waals surface area (Å²) in [5.74, 6) is 1.81. The summed E-state index contributed by atoms with van der Waals surface area (Å²) in [5, 5.41) is 3.62. The number of likely N-dealkylation sites (tertiary alicyclic amines) is 1. The first kappa shape index (κ1) is 17.0. The Bertz CT molecular complexity index is 570. The Morgan fingerprint density at radius 3 is 2.83 bits per heavy atom. The third-order valence-electron chi connectivity index (χ3n) is 5.28. The van der Waals surface area contributed by atoms with Crippen molar-refractivity contribution < 1.29 is 0 Å². The molecule has 1 aliphatic carbocycles. The lowest BCUT2D eigenvalue weighted by molar-refractivity contribution is 0.314. The number of nitrogens with zero attached hydrogens (tertiary/aromatic N) is 3. The van der Waals surface area contributed by atoms with Gasteiger partial charge in [-0.15, -0.1) is 24.0 Å². The van der Waals surface area contributed by atoms with E-state index in [0.29, 0.717) is 0 Å². The SMILES string of the molecule is CN=C(NCC1CCN(C2CC2)C1)N1CCc2ccccc21.I. The van der Waals surface area contributed by atoms with Crippen LogP contribution in [0.5, 0.6) is 0 Å². The number of aliphatic imine (C=N–C) groups is 1. The summed E-state index contributed by atoms with van der Waals surface area (Å²) in [6, 6.07) is 9.60. The monoisotopic (exact) mass is 426 g/mol. The number of nitrogens with one attached hydrogen (secondary N) is 1. The van der Waals surface area contributed by atoms with Crippen LogP contribution >= 0.6 is 24.0 Å². The van der Waals surface area contributed by atoms with Gasteiger partial charge in [0.15, 0.2) is 5.96 Å². The Kier molecular flexibility index (Phi) is 5.46. The van der Waals surface area contributed by atoms with E-state index in [1.165, 1.54) is 43.6 Å². The lowest BCUT2D eigenvalue weighted by atomic mass is 10.1. The molecule has 4 rings (SSSR count). The minimum atomic E-state index is 0. The number of hydrogen-bond donors (Lipinski definition) is 1. The molecule has 2 heterocycles. The summed E-state index contributed by atoms with van der Waals surface area (Å²) >= 11 is 0. The normalized spacial score (nSPS) is 24.5. The Hall–Kier alpha value is -0.820. The molecule has 0 aromatic heterocycles. The van der Waals surface area contributed by atoms with Crippen molar-refractivity contribution in [2.24, 2.45) is 10.9 Å². The summed E-state index contributed by atoms with van der Waals surface area (Å²) in [6.07, 6.45) is 5.30.